The second kappa shape index (κ2) is 11.2. The maximum Gasteiger partial charge on any atom is 0.230 e. The number of nitrogens with zero attached hydrogens (tertiary/aromatic N) is 2. The summed E-state index contributed by atoms with van der Waals surface area (Å²) in [4.78, 5) is 5.38. The molecule has 0 saturated carbocycles. The largest absolute Gasteiger partial charge is 0.457 e. The first-order chi connectivity index (χ1) is 21.2. The Morgan fingerprint density at radius 1 is 0.581 bits per heavy atom. The van der Waals surface area contributed by atoms with Crippen molar-refractivity contribution in [3.8, 4) is 33.8 Å². The van der Waals surface area contributed by atoms with E-state index in [-0.39, 0.29) is 6.79 Å². The summed E-state index contributed by atoms with van der Waals surface area (Å²) in [5, 5.41) is 0. The first kappa shape index (κ1) is 27.0. The summed E-state index contributed by atoms with van der Waals surface area (Å²) in [5.74, 6) is 1.88. The zero-order chi connectivity index (χ0) is 28.9. The smallest absolute Gasteiger partial charge is 0.230 e. The van der Waals surface area contributed by atoms with Gasteiger partial charge in [0.15, 0.2) is 0 Å². The Labute approximate surface area is 256 Å². The first-order valence-electron chi connectivity index (χ1n) is 16.5. The van der Waals surface area contributed by atoms with Crippen molar-refractivity contribution < 1.29 is 9.47 Å². The van der Waals surface area contributed by atoms with E-state index in [2.05, 4.69) is 96.4 Å². The minimum Gasteiger partial charge on any atom is -0.457 e. The van der Waals surface area contributed by atoms with Gasteiger partial charge in [0.2, 0.25) is 6.79 Å². The summed E-state index contributed by atoms with van der Waals surface area (Å²) < 4.78 is 13.2. The number of ether oxygens (including phenoxy) is 2. The Balaban J connectivity index is 1.14. The highest BCUT2D eigenvalue weighted by Gasteiger charge is 2.37. The molecular formula is C39H42N2O2. The Morgan fingerprint density at radius 3 is 1.51 bits per heavy atom. The van der Waals surface area contributed by atoms with Gasteiger partial charge in [-0.05, 0) is 108 Å². The molecule has 0 fully saturated rings. The monoisotopic (exact) mass is 570 g/mol. The van der Waals surface area contributed by atoms with Crippen LogP contribution < -0.4 is 9.47 Å². The van der Waals surface area contributed by atoms with Crippen LogP contribution in [-0.2, 0) is 25.7 Å². The van der Waals surface area contributed by atoms with Crippen LogP contribution in [0.15, 0.2) is 72.8 Å². The van der Waals surface area contributed by atoms with Crippen molar-refractivity contribution in [1.29, 1.82) is 0 Å². The highest BCUT2D eigenvalue weighted by molar-refractivity contribution is 5.82. The van der Waals surface area contributed by atoms with Crippen LogP contribution in [0.3, 0.4) is 0 Å². The van der Waals surface area contributed by atoms with E-state index in [1.807, 2.05) is 0 Å². The van der Waals surface area contributed by atoms with Crippen LogP contribution in [0.4, 0.5) is 0 Å². The zero-order valence-corrected chi connectivity index (χ0v) is 25.6. The summed E-state index contributed by atoms with van der Waals surface area (Å²) in [5.41, 5.74) is 14.0. The molecule has 4 nitrogen and oxygen atoms in total. The van der Waals surface area contributed by atoms with E-state index in [0.717, 1.165) is 63.4 Å². The maximum absolute atomic E-state index is 6.62. The third-order valence-corrected chi connectivity index (χ3v) is 10.3. The van der Waals surface area contributed by atoms with E-state index in [1.54, 1.807) is 0 Å². The zero-order valence-electron chi connectivity index (χ0n) is 25.6. The number of benzene rings is 4. The second-order valence-electron chi connectivity index (χ2n) is 12.8. The summed E-state index contributed by atoms with van der Waals surface area (Å²) >= 11 is 0. The number of hydrogen-bond acceptors (Lipinski definition) is 4. The van der Waals surface area contributed by atoms with Crippen LogP contribution in [0, 0.1) is 0 Å². The van der Waals surface area contributed by atoms with Gasteiger partial charge in [0.05, 0.1) is 0 Å². The van der Waals surface area contributed by atoms with Gasteiger partial charge in [0.1, 0.15) is 11.5 Å². The van der Waals surface area contributed by atoms with Gasteiger partial charge in [-0.1, -0.05) is 74.5 Å². The molecule has 2 atom stereocenters. The normalized spacial score (nSPS) is 20.0. The Kier molecular flexibility index (Phi) is 7.00. The number of fused-ring (bicyclic) bond motifs is 4. The minimum atomic E-state index is 0.189. The fourth-order valence-corrected chi connectivity index (χ4v) is 8.51. The van der Waals surface area contributed by atoms with Crippen LogP contribution >= 0.6 is 0 Å². The molecule has 0 amide bonds. The van der Waals surface area contributed by atoms with Crippen molar-refractivity contribution >= 4 is 0 Å². The lowest BCUT2D eigenvalue weighted by Crippen LogP contribution is -2.39. The topological polar surface area (TPSA) is 24.9 Å². The van der Waals surface area contributed by atoms with E-state index in [0.29, 0.717) is 12.1 Å². The molecule has 0 aromatic heterocycles. The van der Waals surface area contributed by atoms with Gasteiger partial charge in [-0.15, -0.1) is 0 Å². The van der Waals surface area contributed by atoms with E-state index in [1.165, 1.54) is 68.5 Å². The van der Waals surface area contributed by atoms with Gasteiger partial charge in [-0.25, -0.2) is 0 Å². The molecule has 8 rings (SSSR count). The fraction of sp³-hybridized carbons (Fsp3) is 0.385. The van der Waals surface area contributed by atoms with Gasteiger partial charge in [-0.3, -0.25) is 9.80 Å². The Hall–Kier alpha value is -3.60. The van der Waals surface area contributed by atoms with Gasteiger partial charge in [-0.2, -0.15) is 0 Å². The van der Waals surface area contributed by atoms with Crippen LogP contribution in [0.1, 0.15) is 72.2 Å². The fourth-order valence-electron chi connectivity index (χ4n) is 8.51. The maximum atomic E-state index is 6.62. The lowest BCUT2D eigenvalue weighted by atomic mass is 9.76. The van der Waals surface area contributed by atoms with E-state index in [4.69, 9.17) is 9.47 Å². The second-order valence-corrected chi connectivity index (χ2v) is 12.8. The van der Waals surface area contributed by atoms with Crippen molar-refractivity contribution in [2.24, 2.45) is 0 Å². The molecule has 0 radical (unpaired) electrons. The summed E-state index contributed by atoms with van der Waals surface area (Å²) in [6.45, 7) is 9.32. The van der Waals surface area contributed by atoms with Crippen LogP contribution in [-0.4, -0.2) is 42.8 Å². The van der Waals surface area contributed by atoms with Gasteiger partial charge < -0.3 is 9.47 Å². The third-order valence-electron chi connectivity index (χ3n) is 10.3. The van der Waals surface area contributed by atoms with E-state index in [9.17, 15) is 0 Å². The Bertz CT molecular complexity index is 1550. The molecule has 2 unspecified atom stereocenters. The molecule has 43 heavy (non-hydrogen) atoms. The summed E-state index contributed by atoms with van der Waals surface area (Å²) in [6, 6.07) is 27.7. The molecule has 220 valence electrons. The molecule has 4 aromatic rings. The van der Waals surface area contributed by atoms with Crippen LogP contribution in [0.5, 0.6) is 11.5 Å². The lowest BCUT2D eigenvalue weighted by molar-refractivity contribution is 0.119. The Morgan fingerprint density at radius 2 is 1.05 bits per heavy atom. The minimum absolute atomic E-state index is 0.189. The van der Waals surface area contributed by atoms with Crippen molar-refractivity contribution in [3.05, 3.63) is 106 Å². The molecule has 4 aliphatic rings. The summed E-state index contributed by atoms with van der Waals surface area (Å²) in [7, 11) is 0. The third kappa shape index (κ3) is 4.49. The molecule has 0 spiro atoms. The number of hydrogen-bond donors (Lipinski definition) is 0. The highest BCUT2D eigenvalue weighted by Crippen LogP contribution is 2.51. The first-order valence-corrected chi connectivity index (χ1v) is 16.5. The van der Waals surface area contributed by atoms with Gasteiger partial charge in [0.25, 0.3) is 0 Å². The average Bonchev–Trinajstić information content (AvgIpc) is 3.04. The van der Waals surface area contributed by atoms with Crippen LogP contribution in [0.25, 0.3) is 22.3 Å². The molecule has 0 N–H and O–H groups in total. The van der Waals surface area contributed by atoms with Gasteiger partial charge in [0, 0.05) is 36.3 Å². The molecule has 4 heteroatoms. The molecule has 0 bridgehead atoms. The summed E-state index contributed by atoms with van der Waals surface area (Å²) in [6.07, 6.45) is 6.71. The average molecular weight is 571 g/mol. The van der Waals surface area contributed by atoms with E-state index < -0.39 is 0 Å². The molecule has 2 aliphatic carbocycles. The molecule has 4 aromatic carbocycles. The van der Waals surface area contributed by atoms with Crippen molar-refractivity contribution in [2.45, 2.75) is 64.5 Å². The van der Waals surface area contributed by atoms with Crippen molar-refractivity contribution in [2.75, 3.05) is 33.0 Å². The molecule has 0 saturated heterocycles. The SMILES string of the molecule is CCCN1CCc2ccc(OCOc3ccc4c5c3-c3ccccc3CC5N(CCC)CC4)c3c2C1Cc1ccccc1-3. The molecule has 2 heterocycles. The lowest BCUT2D eigenvalue weighted by Gasteiger charge is -2.42. The number of rotatable bonds is 8. The van der Waals surface area contributed by atoms with E-state index >= 15 is 0 Å². The van der Waals surface area contributed by atoms with Crippen LogP contribution in [0.2, 0.25) is 0 Å². The van der Waals surface area contributed by atoms with Crippen molar-refractivity contribution in [1.82, 2.24) is 9.80 Å². The highest BCUT2D eigenvalue weighted by atomic mass is 16.7. The standard InChI is InChI=1S/C39H42N2O2/c1-3-19-40-21-17-26-13-15-34(38-30-11-7-5-9-28(30)23-32(40)36(26)38)42-25-43-35-16-14-27-18-22-41(20-4-2)33-24-29-10-6-8-12-31(29)39(35)37(27)33/h5-16,32-33H,3-4,17-25H2,1-2H3. The molecule has 2 aliphatic heterocycles. The predicted octanol–water partition coefficient (Wildman–Crippen LogP) is 8.17. The molecular weight excluding hydrogens is 528 g/mol. The van der Waals surface area contributed by atoms with Crippen molar-refractivity contribution in [3.63, 3.8) is 0 Å². The van der Waals surface area contributed by atoms with Gasteiger partial charge >= 0.3 is 0 Å². The predicted molar refractivity (Wildman–Crippen MR) is 174 cm³/mol. The quantitative estimate of drug-likeness (QED) is 0.200.